The molecule has 0 saturated heterocycles. The van der Waals surface area contributed by atoms with Crippen LogP contribution in [0.1, 0.15) is 24.3 Å². The van der Waals surface area contributed by atoms with E-state index in [1.165, 1.54) is 13.3 Å². The Morgan fingerprint density at radius 3 is 2.86 bits per heavy atom. The van der Waals surface area contributed by atoms with Gasteiger partial charge in [0, 0.05) is 6.54 Å². The van der Waals surface area contributed by atoms with Crippen molar-refractivity contribution in [2.75, 3.05) is 7.11 Å². The SMILES string of the molecule is COC(=O)c1c(Cl)cnn1CC(C)C. The Bertz CT molecular complexity index is 334. The Morgan fingerprint density at radius 2 is 2.36 bits per heavy atom. The number of esters is 1. The minimum absolute atomic E-state index is 0.322. The molecule has 0 aromatic carbocycles. The summed E-state index contributed by atoms with van der Waals surface area (Å²) < 4.78 is 6.18. The van der Waals surface area contributed by atoms with Crippen LogP contribution >= 0.6 is 11.6 Å². The van der Waals surface area contributed by atoms with Crippen molar-refractivity contribution in [3.05, 3.63) is 16.9 Å². The van der Waals surface area contributed by atoms with E-state index in [9.17, 15) is 4.79 Å². The van der Waals surface area contributed by atoms with Crippen LogP contribution in [-0.4, -0.2) is 22.9 Å². The van der Waals surface area contributed by atoms with Crippen LogP contribution in [-0.2, 0) is 11.3 Å². The van der Waals surface area contributed by atoms with Crippen molar-refractivity contribution in [2.24, 2.45) is 5.92 Å². The van der Waals surface area contributed by atoms with Crippen LogP contribution in [0.3, 0.4) is 0 Å². The molecule has 0 amide bonds. The average Bonchev–Trinajstić information content (AvgIpc) is 2.45. The first-order valence-electron chi connectivity index (χ1n) is 4.36. The molecule has 0 atom stereocenters. The maximum Gasteiger partial charge on any atom is 0.357 e. The molecule has 0 aliphatic heterocycles. The van der Waals surface area contributed by atoms with Gasteiger partial charge in [0.2, 0.25) is 0 Å². The average molecular weight is 217 g/mol. The van der Waals surface area contributed by atoms with Crippen LogP contribution in [0.2, 0.25) is 5.02 Å². The first-order valence-corrected chi connectivity index (χ1v) is 4.73. The number of carbonyl (C=O) groups is 1. The fourth-order valence-electron chi connectivity index (χ4n) is 1.15. The van der Waals surface area contributed by atoms with Gasteiger partial charge in [-0.3, -0.25) is 4.68 Å². The van der Waals surface area contributed by atoms with E-state index in [0.717, 1.165) is 0 Å². The number of carbonyl (C=O) groups excluding carboxylic acids is 1. The molecule has 5 heteroatoms. The molecule has 14 heavy (non-hydrogen) atoms. The van der Waals surface area contributed by atoms with E-state index in [1.54, 1.807) is 4.68 Å². The predicted octanol–water partition coefficient (Wildman–Crippen LogP) is 1.98. The number of hydrogen-bond donors (Lipinski definition) is 0. The highest BCUT2D eigenvalue weighted by molar-refractivity contribution is 6.33. The number of ether oxygens (including phenoxy) is 1. The molecule has 4 nitrogen and oxygen atoms in total. The van der Waals surface area contributed by atoms with Gasteiger partial charge < -0.3 is 4.74 Å². The van der Waals surface area contributed by atoms with E-state index in [2.05, 4.69) is 9.84 Å². The second-order valence-corrected chi connectivity index (χ2v) is 3.82. The van der Waals surface area contributed by atoms with Crippen molar-refractivity contribution >= 4 is 17.6 Å². The largest absolute Gasteiger partial charge is 0.464 e. The van der Waals surface area contributed by atoms with Crippen molar-refractivity contribution in [3.8, 4) is 0 Å². The zero-order valence-corrected chi connectivity index (χ0v) is 9.21. The smallest absolute Gasteiger partial charge is 0.357 e. The summed E-state index contributed by atoms with van der Waals surface area (Å²) in [6.45, 7) is 4.73. The zero-order chi connectivity index (χ0) is 10.7. The number of rotatable bonds is 3. The fourth-order valence-corrected chi connectivity index (χ4v) is 1.36. The topological polar surface area (TPSA) is 44.1 Å². The molecule has 0 radical (unpaired) electrons. The summed E-state index contributed by atoms with van der Waals surface area (Å²) in [6.07, 6.45) is 1.45. The molecule has 0 aliphatic rings. The maximum absolute atomic E-state index is 11.3. The van der Waals surface area contributed by atoms with Gasteiger partial charge in [0.05, 0.1) is 18.3 Å². The molecule has 0 unspecified atom stereocenters. The van der Waals surface area contributed by atoms with Gasteiger partial charge in [-0.1, -0.05) is 25.4 Å². The second-order valence-electron chi connectivity index (χ2n) is 3.41. The molecule has 0 aliphatic carbocycles. The summed E-state index contributed by atoms with van der Waals surface area (Å²) >= 11 is 5.82. The van der Waals surface area contributed by atoms with Crippen LogP contribution in [0.15, 0.2) is 6.20 Å². The van der Waals surface area contributed by atoms with Crippen LogP contribution < -0.4 is 0 Å². The molecular formula is C9H13ClN2O2. The minimum atomic E-state index is -0.451. The minimum Gasteiger partial charge on any atom is -0.464 e. The number of halogens is 1. The molecule has 1 aromatic rings. The Hall–Kier alpha value is -1.03. The third-order valence-electron chi connectivity index (χ3n) is 1.71. The molecule has 1 aromatic heterocycles. The van der Waals surface area contributed by atoms with Gasteiger partial charge in [-0.05, 0) is 5.92 Å². The molecule has 78 valence electrons. The normalized spacial score (nSPS) is 10.6. The number of aromatic nitrogens is 2. The van der Waals surface area contributed by atoms with E-state index >= 15 is 0 Å². The van der Waals surface area contributed by atoms with E-state index < -0.39 is 5.97 Å². The van der Waals surface area contributed by atoms with Crippen molar-refractivity contribution in [2.45, 2.75) is 20.4 Å². The standard InChI is InChI=1S/C9H13ClN2O2/c1-6(2)5-12-8(9(13)14-3)7(10)4-11-12/h4,6H,5H2,1-3H3. The van der Waals surface area contributed by atoms with Gasteiger partial charge in [-0.2, -0.15) is 5.10 Å². The van der Waals surface area contributed by atoms with Crippen LogP contribution in [0.5, 0.6) is 0 Å². The number of hydrogen-bond acceptors (Lipinski definition) is 3. The summed E-state index contributed by atoms with van der Waals surface area (Å²) in [6, 6.07) is 0. The lowest BCUT2D eigenvalue weighted by atomic mass is 10.2. The van der Waals surface area contributed by atoms with Gasteiger partial charge >= 0.3 is 5.97 Å². The van der Waals surface area contributed by atoms with Crippen LogP contribution in [0.4, 0.5) is 0 Å². The summed E-state index contributed by atoms with van der Waals surface area (Å²) in [4.78, 5) is 11.3. The maximum atomic E-state index is 11.3. The molecular weight excluding hydrogens is 204 g/mol. The van der Waals surface area contributed by atoms with Gasteiger partial charge in [-0.25, -0.2) is 4.79 Å². The third kappa shape index (κ3) is 2.26. The Balaban J connectivity index is 3.00. The zero-order valence-electron chi connectivity index (χ0n) is 8.45. The number of methoxy groups -OCH3 is 1. The highest BCUT2D eigenvalue weighted by Crippen LogP contribution is 2.17. The lowest BCUT2D eigenvalue weighted by molar-refractivity contribution is 0.0585. The molecule has 1 heterocycles. The molecule has 0 saturated carbocycles. The molecule has 0 spiro atoms. The predicted molar refractivity (Wildman–Crippen MR) is 53.4 cm³/mol. The Morgan fingerprint density at radius 1 is 1.71 bits per heavy atom. The first-order chi connectivity index (χ1) is 6.56. The Kier molecular flexibility index (Phi) is 3.52. The molecule has 0 bridgehead atoms. The lowest BCUT2D eigenvalue weighted by Gasteiger charge is -2.08. The van der Waals surface area contributed by atoms with E-state index in [-0.39, 0.29) is 0 Å². The highest BCUT2D eigenvalue weighted by Gasteiger charge is 2.18. The Labute approximate surface area is 87.8 Å². The van der Waals surface area contributed by atoms with Gasteiger partial charge in [-0.15, -0.1) is 0 Å². The highest BCUT2D eigenvalue weighted by atomic mass is 35.5. The summed E-state index contributed by atoms with van der Waals surface area (Å²) in [5.41, 5.74) is 0.322. The van der Waals surface area contributed by atoms with Crippen LogP contribution in [0, 0.1) is 5.92 Å². The summed E-state index contributed by atoms with van der Waals surface area (Å²) in [5, 5.41) is 4.34. The van der Waals surface area contributed by atoms with Crippen molar-refractivity contribution in [1.29, 1.82) is 0 Å². The quantitative estimate of drug-likeness (QED) is 0.726. The molecule has 1 rings (SSSR count). The van der Waals surface area contributed by atoms with Crippen molar-refractivity contribution in [1.82, 2.24) is 9.78 Å². The van der Waals surface area contributed by atoms with Crippen LogP contribution in [0.25, 0.3) is 0 Å². The lowest BCUT2D eigenvalue weighted by Crippen LogP contribution is -2.15. The molecule has 0 fully saturated rings. The van der Waals surface area contributed by atoms with E-state index in [0.29, 0.717) is 23.2 Å². The molecule has 0 N–H and O–H groups in total. The fraction of sp³-hybridized carbons (Fsp3) is 0.556. The first kappa shape index (κ1) is 11.0. The summed E-state index contributed by atoms with van der Waals surface area (Å²) in [7, 11) is 1.32. The van der Waals surface area contributed by atoms with Gasteiger partial charge in [0.15, 0.2) is 5.69 Å². The van der Waals surface area contributed by atoms with E-state index in [4.69, 9.17) is 11.6 Å². The third-order valence-corrected chi connectivity index (χ3v) is 1.99. The van der Waals surface area contributed by atoms with Crippen molar-refractivity contribution < 1.29 is 9.53 Å². The van der Waals surface area contributed by atoms with Gasteiger partial charge in [0.25, 0.3) is 0 Å². The monoisotopic (exact) mass is 216 g/mol. The summed E-state index contributed by atoms with van der Waals surface area (Å²) in [5.74, 6) is -0.0532. The number of nitrogens with zero attached hydrogens (tertiary/aromatic N) is 2. The van der Waals surface area contributed by atoms with Crippen molar-refractivity contribution in [3.63, 3.8) is 0 Å². The van der Waals surface area contributed by atoms with E-state index in [1.807, 2.05) is 13.8 Å². The van der Waals surface area contributed by atoms with Gasteiger partial charge in [0.1, 0.15) is 0 Å². The second kappa shape index (κ2) is 4.46.